The maximum Gasteiger partial charge on any atom is 0.162 e. The molecule has 0 fully saturated rings. The highest BCUT2D eigenvalue weighted by Crippen LogP contribution is 2.34. The van der Waals surface area contributed by atoms with Crippen molar-refractivity contribution >= 4 is 0 Å². The highest BCUT2D eigenvalue weighted by atomic mass is 19.1. The Hall–Kier alpha value is -2.85. The van der Waals surface area contributed by atoms with Crippen molar-refractivity contribution in [3.63, 3.8) is 0 Å². The van der Waals surface area contributed by atoms with Crippen molar-refractivity contribution in [1.29, 1.82) is 0 Å². The van der Waals surface area contributed by atoms with Gasteiger partial charge in [-0.15, -0.1) is 0 Å². The Morgan fingerprint density at radius 1 is 0.885 bits per heavy atom. The average molecular weight is 351 g/mol. The largest absolute Gasteiger partial charge is 0.488 e. The molecule has 0 amide bonds. The van der Waals surface area contributed by atoms with Crippen LogP contribution in [0.4, 0.5) is 4.39 Å². The first-order valence-electron chi connectivity index (χ1n) is 8.57. The van der Waals surface area contributed by atoms with Crippen molar-refractivity contribution < 1.29 is 13.9 Å². The van der Waals surface area contributed by atoms with E-state index in [9.17, 15) is 4.39 Å². The van der Waals surface area contributed by atoms with Gasteiger partial charge in [0.2, 0.25) is 0 Å². The van der Waals surface area contributed by atoms with Gasteiger partial charge in [-0.1, -0.05) is 48.0 Å². The SMILES string of the molecule is Cc1ccc(F)c(-c2ccc(OCCN)c(OCc3ccccc3)c2)c1. The Bertz CT molecular complexity index is 865. The monoisotopic (exact) mass is 351 g/mol. The zero-order valence-corrected chi connectivity index (χ0v) is 14.7. The maximum absolute atomic E-state index is 14.3. The van der Waals surface area contributed by atoms with Crippen LogP contribution in [0, 0.1) is 12.7 Å². The van der Waals surface area contributed by atoms with Crippen LogP contribution in [0.3, 0.4) is 0 Å². The van der Waals surface area contributed by atoms with Gasteiger partial charge in [-0.25, -0.2) is 4.39 Å². The molecule has 0 saturated carbocycles. The van der Waals surface area contributed by atoms with E-state index in [-0.39, 0.29) is 5.82 Å². The summed E-state index contributed by atoms with van der Waals surface area (Å²) in [5, 5.41) is 0. The Kier molecular flexibility index (Phi) is 5.87. The van der Waals surface area contributed by atoms with Crippen LogP contribution >= 0.6 is 0 Å². The minimum absolute atomic E-state index is 0.264. The van der Waals surface area contributed by atoms with Crippen molar-refractivity contribution in [2.45, 2.75) is 13.5 Å². The van der Waals surface area contributed by atoms with Crippen LogP contribution in [-0.2, 0) is 6.61 Å². The van der Waals surface area contributed by atoms with Gasteiger partial charge < -0.3 is 15.2 Å². The molecule has 0 aliphatic rings. The third-order valence-electron chi connectivity index (χ3n) is 3.99. The molecule has 3 nitrogen and oxygen atoms in total. The summed E-state index contributed by atoms with van der Waals surface area (Å²) in [7, 11) is 0. The van der Waals surface area contributed by atoms with Gasteiger partial charge in [-0.3, -0.25) is 0 Å². The van der Waals surface area contributed by atoms with Gasteiger partial charge in [0.25, 0.3) is 0 Å². The second kappa shape index (κ2) is 8.50. The van der Waals surface area contributed by atoms with E-state index in [2.05, 4.69) is 0 Å². The zero-order chi connectivity index (χ0) is 18.4. The third-order valence-corrected chi connectivity index (χ3v) is 3.99. The molecule has 0 unspecified atom stereocenters. The van der Waals surface area contributed by atoms with Gasteiger partial charge in [0, 0.05) is 12.1 Å². The van der Waals surface area contributed by atoms with Crippen LogP contribution in [-0.4, -0.2) is 13.2 Å². The first-order valence-corrected chi connectivity index (χ1v) is 8.57. The first kappa shape index (κ1) is 18.0. The van der Waals surface area contributed by atoms with Crippen LogP contribution in [0.2, 0.25) is 0 Å². The molecule has 26 heavy (non-hydrogen) atoms. The van der Waals surface area contributed by atoms with E-state index < -0.39 is 0 Å². The molecule has 0 radical (unpaired) electrons. The average Bonchev–Trinajstić information content (AvgIpc) is 2.67. The van der Waals surface area contributed by atoms with Crippen molar-refractivity contribution in [3.8, 4) is 22.6 Å². The molecule has 0 aliphatic heterocycles. The lowest BCUT2D eigenvalue weighted by atomic mass is 10.0. The van der Waals surface area contributed by atoms with Gasteiger partial charge in [0.1, 0.15) is 19.0 Å². The molecule has 3 rings (SSSR count). The first-order chi connectivity index (χ1) is 12.7. The van der Waals surface area contributed by atoms with E-state index in [0.29, 0.717) is 36.8 Å². The smallest absolute Gasteiger partial charge is 0.162 e. The minimum atomic E-state index is -0.264. The predicted octanol–water partition coefficient (Wildman–Crippen LogP) is 4.72. The van der Waals surface area contributed by atoms with E-state index in [0.717, 1.165) is 16.7 Å². The number of aryl methyl sites for hydroxylation is 1. The van der Waals surface area contributed by atoms with Gasteiger partial charge in [0.15, 0.2) is 11.5 Å². The summed E-state index contributed by atoms with van der Waals surface area (Å²) in [5.74, 6) is 0.907. The standard InChI is InChI=1S/C22H22FNO2/c1-16-7-9-20(23)19(13-16)18-8-10-21(25-12-11-24)22(14-18)26-15-17-5-3-2-4-6-17/h2-10,13-14H,11-12,15,24H2,1H3. The highest BCUT2D eigenvalue weighted by molar-refractivity contribution is 5.68. The van der Waals surface area contributed by atoms with Crippen molar-refractivity contribution in [2.75, 3.05) is 13.2 Å². The molecule has 0 aliphatic carbocycles. The van der Waals surface area contributed by atoms with Gasteiger partial charge in [-0.2, -0.15) is 0 Å². The number of hydrogen-bond donors (Lipinski definition) is 1. The van der Waals surface area contributed by atoms with Gasteiger partial charge in [0.05, 0.1) is 0 Å². The lowest BCUT2D eigenvalue weighted by Crippen LogP contribution is -2.11. The fraction of sp³-hybridized carbons (Fsp3) is 0.182. The predicted molar refractivity (Wildman–Crippen MR) is 102 cm³/mol. The zero-order valence-electron chi connectivity index (χ0n) is 14.7. The van der Waals surface area contributed by atoms with Crippen molar-refractivity contribution in [1.82, 2.24) is 0 Å². The molecular formula is C22H22FNO2. The van der Waals surface area contributed by atoms with Gasteiger partial charge >= 0.3 is 0 Å². The molecule has 0 spiro atoms. The molecule has 3 aromatic carbocycles. The summed E-state index contributed by atoms with van der Waals surface area (Å²) in [5.41, 5.74) is 8.86. The van der Waals surface area contributed by atoms with E-state index in [4.69, 9.17) is 15.2 Å². The normalized spacial score (nSPS) is 10.6. The molecule has 0 atom stereocenters. The van der Waals surface area contributed by atoms with Crippen molar-refractivity contribution in [3.05, 3.63) is 83.7 Å². The van der Waals surface area contributed by atoms with Crippen LogP contribution in [0.25, 0.3) is 11.1 Å². The van der Waals surface area contributed by atoms with Crippen molar-refractivity contribution in [2.24, 2.45) is 5.73 Å². The molecule has 4 heteroatoms. The van der Waals surface area contributed by atoms with E-state index in [1.165, 1.54) is 6.07 Å². The number of halogens is 1. The fourth-order valence-electron chi connectivity index (χ4n) is 2.67. The lowest BCUT2D eigenvalue weighted by Gasteiger charge is -2.15. The summed E-state index contributed by atoms with van der Waals surface area (Å²) in [6.07, 6.45) is 0. The molecule has 0 saturated heterocycles. The van der Waals surface area contributed by atoms with Crippen LogP contribution < -0.4 is 15.2 Å². The number of ether oxygens (including phenoxy) is 2. The number of rotatable bonds is 7. The van der Waals surface area contributed by atoms with Crippen LogP contribution in [0.15, 0.2) is 66.7 Å². The van der Waals surface area contributed by atoms with E-state index in [1.807, 2.05) is 55.5 Å². The molecular weight excluding hydrogens is 329 g/mol. The number of benzene rings is 3. The maximum atomic E-state index is 14.3. The molecule has 0 heterocycles. The third kappa shape index (κ3) is 4.41. The number of hydrogen-bond acceptors (Lipinski definition) is 3. The Morgan fingerprint density at radius 3 is 2.46 bits per heavy atom. The lowest BCUT2D eigenvalue weighted by molar-refractivity contribution is 0.266. The molecule has 2 N–H and O–H groups in total. The van der Waals surface area contributed by atoms with E-state index in [1.54, 1.807) is 12.1 Å². The van der Waals surface area contributed by atoms with E-state index >= 15 is 0 Å². The Morgan fingerprint density at radius 2 is 1.69 bits per heavy atom. The summed E-state index contributed by atoms with van der Waals surface area (Å²) in [4.78, 5) is 0. The summed E-state index contributed by atoms with van der Waals surface area (Å²) < 4.78 is 25.9. The molecule has 3 aromatic rings. The summed E-state index contributed by atoms with van der Waals surface area (Å²) in [6, 6.07) is 20.4. The Balaban J connectivity index is 1.91. The second-order valence-electron chi connectivity index (χ2n) is 6.06. The molecule has 0 aromatic heterocycles. The topological polar surface area (TPSA) is 44.5 Å². The second-order valence-corrected chi connectivity index (χ2v) is 6.06. The fourth-order valence-corrected chi connectivity index (χ4v) is 2.67. The van der Waals surface area contributed by atoms with Crippen LogP contribution in [0.5, 0.6) is 11.5 Å². The molecule has 134 valence electrons. The Labute approximate surface area is 153 Å². The quantitative estimate of drug-likeness (QED) is 0.670. The summed E-state index contributed by atoms with van der Waals surface area (Å²) >= 11 is 0. The molecule has 0 bridgehead atoms. The van der Waals surface area contributed by atoms with Gasteiger partial charge in [-0.05, 0) is 42.3 Å². The highest BCUT2D eigenvalue weighted by Gasteiger charge is 2.11. The summed E-state index contributed by atoms with van der Waals surface area (Å²) in [6.45, 7) is 3.14. The minimum Gasteiger partial charge on any atom is -0.488 e. The number of nitrogens with two attached hydrogens (primary N) is 1. The van der Waals surface area contributed by atoms with Crippen LogP contribution in [0.1, 0.15) is 11.1 Å².